The van der Waals surface area contributed by atoms with Crippen molar-refractivity contribution >= 4 is 7.60 Å². The zero-order valence-corrected chi connectivity index (χ0v) is 12.3. The van der Waals surface area contributed by atoms with Gasteiger partial charge in [0, 0.05) is 26.8 Å². The molecule has 0 aromatic rings. The second-order valence-electron chi connectivity index (χ2n) is 2.59. The van der Waals surface area contributed by atoms with E-state index in [0.29, 0.717) is 13.2 Å². The Morgan fingerprint density at radius 3 is 1.86 bits per heavy atom. The largest absolute Gasteiger partial charge is 1.00 e. The number of hydrogen-bond donors (Lipinski definition) is 0. The third kappa shape index (κ3) is 8.38. The Morgan fingerprint density at radius 1 is 1.29 bits per heavy atom. The fraction of sp³-hybridized carbons (Fsp3) is 1.00. The fourth-order valence-corrected chi connectivity index (χ4v) is 1.63. The van der Waals surface area contributed by atoms with Gasteiger partial charge in [-0.15, -0.1) is 0 Å². The fourth-order valence-electron chi connectivity index (χ4n) is 0.920. The van der Waals surface area contributed by atoms with Crippen molar-refractivity contribution in [2.45, 2.75) is 26.7 Å². The van der Waals surface area contributed by atoms with Crippen LogP contribution >= 0.6 is 7.60 Å². The summed E-state index contributed by atoms with van der Waals surface area (Å²) in [4.78, 5) is 10.8. The molecule has 0 N–H and O–H groups in total. The molecule has 0 heterocycles. The quantitative estimate of drug-likeness (QED) is 0.300. The summed E-state index contributed by atoms with van der Waals surface area (Å²) >= 11 is 0. The van der Waals surface area contributed by atoms with Crippen molar-refractivity contribution in [3.63, 3.8) is 0 Å². The summed E-state index contributed by atoms with van der Waals surface area (Å²) in [5.74, 6) is -1.49. The Labute approximate surface area is 107 Å². The van der Waals surface area contributed by atoms with E-state index in [1.807, 2.05) is 0 Å². The van der Waals surface area contributed by atoms with Crippen LogP contribution in [0, 0.1) is 0 Å². The van der Waals surface area contributed by atoms with Crippen LogP contribution < -0.4 is 34.5 Å². The third-order valence-electron chi connectivity index (χ3n) is 1.14. The van der Waals surface area contributed by atoms with E-state index in [1.165, 1.54) is 6.92 Å². The minimum absolute atomic E-state index is 0. The van der Waals surface area contributed by atoms with E-state index >= 15 is 0 Å². The molecule has 0 aromatic carbocycles. The minimum atomic E-state index is -3.85. The van der Waals surface area contributed by atoms with Gasteiger partial charge >= 0.3 is 29.6 Å². The van der Waals surface area contributed by atoms with Gasteiger partial charge in [-0.05, 0) is 13.8 Å². The van der Waals surface area contributed by atoms with E-state index in [0.717, 1.165) is 6.66 Å². The van der Waals surface area contributed by atoms with Crippen LogP contribution in [-0.2, 0) is 18.6 Å². The van der Waals surface area contributed by atoms with Crippen LogP contribution in [0.4, 0.5) is 0 Å². The normalized spacial score (nSPS) is 15.8. The predicted octanol–water partition coefficient (Wildman–Crippen LogP) is -2.06. The zero-order valence-electron chi connectivity index (χ0n) is 9.40. The van der Waals surface area contributed by atoms with Crippen molar-refractivity contribution in [2.24, 2.45) is 0 Å². The molecule has 0 radical (unpaired) electrons. The molecule has 0 aliphatic rings. The van der Waals surface area contributed by atoms with Crippen LogP contribution in [0.5, 0.6) is 0 Å². The maximum atomic E-state index is 10.8. The van der Waals surface area contributed by atoms with Crippen molar-refractivity contribution < 1.29 is 53.0 Å². The molecule has 1 atom stereocenters. The van der Waals surface area contributed by atoms with Gasteiger partial charge < -0.3 is 18.9 Å². The average Bonchev–Trinajstić information content (AvgIpc) is 1.82. The summed E-state index contributed by atoms with van der Waals surface area (Å²) in [7, 11) is -3.85. The van der Waals surface area contributed by atoms with Crippen LogP contribution in [0.3, 0.4) is 0 Å². The molecule has 0 aliphatic carbocycles. The van der Waals surface area contributed by atoms with Crippen molar-refractivity contribution in [3.8, 4) is 0 Å². The van der Waals surface area contributed by atoms with Crippen molar-refractivity contribution in [3.05, 3.63) is 0 Å². The Morgan fingerprint density at radius 2 is 1.64 bits per heavy atom. The summed E-state index contributed by atoms with van der Waals surface area (Å²) in [6.07, 6.45) is 0. The van der Waals surface area contributed by atoms with Gasteiger partial charge in [0.15, 0.2) is 0 Å². The Bertz CT molecular complexity index is 187. The molecular formula is C7H16NaO5P. The molecule has 0 spiro atoms. The summed E-state index contributed by atoms with van der Waals surface area (Å²) in [5.41, 5.74) is 0. The van der Waals surface area contributed by atoms with Gasteiger partial charge in [-0.3, -0.25) is 4.52 Å². The van der Waals surface area contributed by atoms with Crippen LogP contribution in [0.25, 0.3) is 0 Å². The first-order valence-electron chi connectivity index (χ1n) is 4.10. The first-order valence-corrected chi connectivity index (χ1v) is 6.09. The molecule has 1 unspecified atom stereocenters. The molecule has 0 aromatic heterocycles. The van der Waals surface area contributed by atoms with Crippen LogP contribution in [0.1, 0.15) is 20.8 Å². The summed E-state index contributed by atoms with van der Waals surface area (Å²) in [6.45, 7) is 6.49. The number of rotatable bonds is 6. The van der Waals surface area contributed by atoms with Gasteiger partial charge in [-0.2, -0.15) is 0 Å². The standard InChI is InChI=1S/C7H17O5P.Na/c1-5-10-7(3,11-6-2)12-13(4,8)9;/h5-6H2,1-4H3,(H,8,9);/q;+1/p-1. The second kappa shape index (κ2) is 7.36. The van der Waals surface area contributed by atoms with Gasteiger partial charge in [0.25, 0.3) is 5.97 Å². The molecule has 5 nitrogen and oxygen atoms in total. The maximum absolute atomic E-state index is 10.8. The molecule has 0 fully saturated rings. The molecular weight excluding hydrogens is 218 g/mol. The van der Waals surface area contributed by atoms with Crippen molar-refractivity contribution in [1.29, 1.82) is 0 Å². The molecule has 7 heteroatoms. The molecule has 0 saturated carbocycles. The van der Waals surface area contributed by atoms with Crippen LogP contribution in [-0.4, -0.2) is 25.9 Å². The molecule has 0 bridgehead atoms. The molecule has 0 saturated heterocycles. The first-order chi connectivity index (χ1) is 5.83. The monoisotopic (exact) mass is 234 g/mol. The van der Waals surface area contributed by atoms with Gasteiger partial charge in [0.05, 0.1) is 0 Å². The van der Waals surface area contributed by atoms with E-state index in [4.69, 9.17) is 9.47 Å². The van der Waals surface area contributed by atoms with E-state index in [9.17, 15) is 9.46 Å². The molecule has 0 aliphatic heterocycles. The van der Waals surface area contributed by atoms with Gasteiger partial charge in [0.1, 0.15) is 7.60 Å². The van der Waals surface area contributed by atoms with E-state index in [2.05, 4.69) is 4.52 Å². The molecule has 14 heavy (non-hydrogen) atoms. The maximum Gasteiger partial charge on any atom is 1.00 e. The first kappa shape index (κ1) is 17.5. The second-order valence-corrected chi connectivity index (χ2v) is 4.32. The smallest absolute Gasteiger partial charge is 0.779 e. The van der Waals surface area contributed by atoms with Gasteiger partial charge in [-0.1, -0.05) is 0 Å². The zero-order chi connectivity index (χ0) is 10.5. The average molecular weight is 234 g/mol. The number of ether oxygens (including phenoxy) is 2. The molecule has 0 rings (SSSR count). The number of hydrogen-bond acceptors (Lipinski definition) is 5. The van der Waals surface area contributed by atoms with Gasteiger partial charge in [-0.25, -0.2) is 0 Å². The SMILES string of the molecule is CCOC(C)(OCC)OP(C)(=O)[O-].[Na+]. The minimum Gasteiger partial charge on any atom is -0.779 e. The Balaban J connectivity index is 0. The summed E-state index contributed by atoms with van der Waals surface area (Å²) in [6, 6.07) is 0. The Hall–Kier alpha value is 1.07. The van der Waals surface area contributed by atoms with Crippen LogP contribution in [0.15, 0.2) is 0 Å². The predicted molar refractivity (Wildman–Crippen MR) is 46.3 cm³/mol. The van der Waals surface area contributed by atoms with E-state index < -0.39 is 13.6 Å². The molecule has 80 valence electrons. The topological polar surface area (TPSA) is 67.8 Å². The summed E-state index contributed by atoms with van der Waals surface area (Å²) < 4.78 is 25.6. The Kier molecular flexibility index (Phi) is 9.18. The van der Waals surface area contributed by atoms with Crippen molar-refractivity contribution in [2.75, 3.05) is 19.9 Å². The van der Waals surface area contributed by atoms with Gasteiger partial charge in [0.2, 0.25) is 0 Å². The van der Waals surface area contributed by atoms with E-state index in [1.54, 1.807) is 13.8 Å². The van der Waals surface area contributed by atoms with Crippen molar-refractivity contribution in [1.82, 2.24) is 0 Å². The third-order valence-corrected chi connectivity index (χ3v) is 1.81. The molecule has 0 amide bonds. The van der Waals surface area contributed by atoms with E-state index in [-0.39, 0.29) is 29.6 Å². The van der Waals surface area contributed by atoms with Crippen LogP contribution in [0.2, 0.25) is 0 Å². The summed E-state index contributed by atoms with van der Waals surface area (Å²) in [5, 5.41) is 0.